The van der Waals surface area contributed by atoms with Crippen molar-refractivity contribution in [2.24, 2.45) is 0 Å². The second-order valence-electron chi connectivity index (χ2n) is 7.87. The summed E-state index contributed by atoms with van der Waals surface area (Å²) in [6, 6.07) is 19.2. The van der Waals surface area contributed by atoms with E-state index >= 15 is 0 Å². The van der Waals surface area contributed by atoms with Gasteiger partial charge in [-0.1, -0.05) is 25.1 Å². The zero-order chi connectivity index (χ0) is 21.5. The zero-order valence-corrected chi connectivity index (χ0v) is 17.8. The quantitative estimate of drug-likeness (QED) is 0.371. The number of imidazole rings is 2. The number of fused-ring (bicyclic) bond motifs is 3. The number of rotatable bonds is 5. The third-order valence-electron chi connectivity index (χ3n) is 5.85. The van der Waals surface area contributed by atoms with Gasteiger partial charge in [0, 0.05) is 48.2 Å². The Bertz CT molecular complexity index is 1480. The molecule has 0 N–H and O–H groups in total. The van der Waals surface area contributed by atoms with Crippen LogP contribution in [0.25, 0.3) is 39.0 Å². The van der Waals surface area contributed by atoms with Crippen LogP contribution in [0.4, 0.5) is 0 Å². The topological polar surface area (TPSA) is 53.5 Å². The van der Waals surface area contributed by atoms with E-state index in [4.69, 9.17) is 4.98 Å². The molecule has 0 saturated carbocycles. The molecule has 156 valence electrons. The van der Waals surface area contributed by atoms with Gasteiger partial charge in [-0.2, -0.15) is 0 Å². The standard InChI is InChI=1S/C26H22N6/c1-2-6-25-28-12-14-31(25)20-15-19(30-13-11-27-18-30)16-21(17-20)32-24-9-4-3-7-22(24)23-8-5-10-29-26(23)32/h3-5,7-18H,2,6H2,1H3. The number of pyridine rings is 1. The second-order valence-corrected chi connectivity index (χ2v) is 7.87. The van der Waals surface area contributed by atoms with Crippen molar-refractivity contribution in [3.8, 4) is 17.1 Å². The fourth-order valence-corrected chi connectivity index (χ4v) is 4.44. The third kappa shape index (κ3) is 2.92. The van der Waals surface area contributed by atoms with Crippen molar-refractivity contribution in [1.29, 1.82) is 0 Å². The summed E-state index contributed by atoms with van der Waals surface area (Å²) >= 11 is 0. The Labute approximate surface area is 185 Å². The number of benzene rings is 2. The summed E-state index contributed by atoms with van der Waals surface area (Å²) in [5, 5.41) is 2.34. The number of nitrogens with zero attached hydrogens (tertiary/aromatic N) is 6. The molecule has 6 aromatic rings. The van der Waals surface area contributed by atoms with Gasteiger partial charge in [0.1, 0.15) is 11.5 Å². The number of aryl methyl sites for hydroxylation is 1. The highest BCUT2D eigenvalue weighted by atomic mass is 15.1. The first-order valence-corrected chi connectivity index (χ1v) is 10.8. The van der Waals surface area contributed by atoms with Crippen molar-refractivity contribution in [2.75, 3.05) is 0 Å². The Morgan fingerprint density at radius 2 is 1.62 bits per heavy atom. The fourth-order valence-electron chi connectivity index (χ4n) is 4.44. The number of aromatic nitrogens is 6. The molecule has 6 nitrogen and oxygen atoms in total. The Morgan fingerprint density at radius 1 is 0.781 bits per heavy atom. The van der Waals surface area contributed by atoms with E-state index in [0.717, 1.165) is 52.3 Å². The minimum absolute atomic E-state index is 0.925. The molecule has 2 aromatic carbocycles. The molecule has 32 heavy (non-hydrogen) atoms. The third-order valence-corrected chi connectivity index (χ3v) is 5.85. The van der Waals surface area contributed by atoms with Gasteiger partial charge >= 0.3 is 0 Å². The molecular formula is C26H22N6. The number of para-hydroxylation sites is 1. The van der Waals surface area contributed by atoms with Gasteiger partial charge in [0.05, 0.1) is 28.9 Å². The van der Waals surface area contributed by atoms with E-state index in [1.54, 1.807) is 6.20 Å². The Hall–Kier alpha value is -4.19. The Kier molecular flexibility index (Phi) is 4.35. The van der Waals surface area contributed by atoms with Crippen molar-refractivity contribution in [2.45, 2.75) is 19.8 Å². The molecule has 0 aliphatic carbocycles. The van der Waals surface area contributed by atoms with Crippen LogP contribution < -0.4 is 0 Å². The molecule has 0 aliphatic rings. The molecule has 0 unspecified atom stereocenters. The van der Waals surface area contributed by atoms with Crippen LogP contribution in [0.1, 0.15) is 19.2 Å². The van der Waals surface area contributed by atoms with Gasteiger partial charge in [-0.05, 0) is 42.8 Å². The van der Waals surface area contributed by atoms with E-state index in [9.17, 15) is 0 Å². The molecule has 0 bridgehead atoms. The lowest BCUT2D eigenvalue weighted by atomic mass is 10.2. The molecule has 0 saturated heterocycles. The second kappa shape index (κ2) is 7.50. The van der Waals surface area contributed by atoms with Crippen LogP contribution in [0.2, 0.25) is 0 Å². The van der Waals surface area contributed by atoms with Crippen LogP contribution in [-0.4, -0.2) is 28.7 Å². The van der Waals surface area contributed by atoms with E-state index in [1.165, 1.54) is 5.39 Å². The maximum atomic E-state index is 4.75. The zero-order valence-electron chi connectivity index (χ0n) is 17.8. The molecule has 4 aromatic heterocycles. The predicted octanol–water partition coefficient (Wildman–Crippen LogP) is 5.50. The first kappa shape index (κ1) is 18.6. The summed E-state index contributed by atoms with van der Waals surface area (Å²) in [5.74, 6) is 1.06. The molecule has 0 fully saturated rings. The first-order chi connectivity index (χ1) is 15.8. The van der Waals surface area contributed by atoms with Gasteiger partial charge in [0.2, 0.25) is 0 Å². The lowest BCUT2D eigenvalue weighted by Gasteiger charge is -2.15. The predicted molar refractivity (Wildman–Crippen MR) is 127 cm³/mol. The maximum Gasteiger partial charge on any atom is 0.145 e. The van der Waals surface area contributed by atoms with Crippen LogP contribution in [-0.2, 0) is 6.42 Å². The lowest BCUT2D eigenvalue weighted by molar-refractivity contribution is 0.808. The Morgan fingerprint density at radius 3 is 2.50 bits per heavy atom. The van der Waals surface area contributed by atoms with Crippen molar-refractivity contribution in [3.63, 3.8) is 0 Å². The van der Waals surface area contributed by atoms with Crippen LogP contribution in [0.5, 0.6) is 0 Å². The molecule has 0 aliphatic heterocycles. The van der Waals surface area contributed by atoms with Crippen molar-refractivity contribution < 1.29 is 0 Å². The maximum absolute atomic E-state index is 4.75. The van der Waals surface area contributed by atoms with Crippen LogP contribution in [0, 0.1) is 0 Å². The largest absolute Gasteiger partial charge is 0.306 e. The van der Waals surface area contributed by atoms with Crippen LogP contribution in [0.3, 0.4) is 0 Å². The minimum Gasteiger partial charge on any atom is -0.306 e. The SMILES string of the molecule is CCCc1nccn1-c1cc(-n2ccnc2)cc(-n2c3ccccc3c3cccnc32)c1. The van der Waals surface area contributed by atoms with Crippen LogP contribution in [0.15, 0.2) is 91.9 Å². The highest BCUT2D eigenvalue weighted by molar-refractivity contribution is 6.07. The van der Waals surface area contributed by atoms with Crippen molar-refractivity contribution in [1.82, 2.24) is 28.7 Å². The summed E-state index contributed by atoms with van der Waals surface area (Å²) < 4.78 is 6.45. The highest BCUT2D eigenvalue weighted by Crippen LogP contribution is 2.32. The van der Waals surface area contributed by atoms with Crippen molar-refractivity contribution in [3.05, 3.63) is 97.7 Å². The van der Waals surface area contributed by atoms with E-state index in [2.05, 4.69) is 74.6 Å². The molecular weight excluding hydrogens is 396 g/mol. The molecule has 4 heterocycles. The van der Waals surface area contributed by atoms with E-state index in [1.807, 2.05) is 41.7 Å². The van der Waals surface area contributed by atoms with Gasteiger partial charge in [0.15, 0.2) is 0 Å². The average Bonchev–Trinajstić information content (AvgIpc) is 3.58. The monoisotopic (exact) mass is 418 g/mol. The summed E-state index contributed by atoms with van der Waals surface area (Å²) in [6.07, 6.45) is 13.3. The molecule has 0 amide bonds. The smallest absolute Gasteiger partial charge is 0.145 e. The van der Waals surface area contributed by atoms with Crippen LogP contribution >= 0.6 is 0 Å². The molecule has 0 atom stereocenters. The number of hydrogen-bond donors (Lipinski definition) is 0. The molecule has 6 heteroatoms. The normalized spacial score (nSPS) is 11.5. The van der Waals surface area contributed by atoms with Gasteiger partial charge in [-0.3, -0.25) is 4.57 Å². The summed E-state index contributed by atoms with van der Waals surface area (Å²) in [5.41, 5.74) is 5.23. The van der Waals surface area contributed by atoms with Crippen molar-refractivity contribution >= 4 is 21.9 Å². The average molecular weight is 419 g/mol. The minimum atomic E-state index is 0.925. The summed E-state index contributed by atoms with van der Waals surface area (Å²) in [4.78, 5) is 13.6. The van der Waals surface area contributed by atoms with Gasteiger partial charge in [-0.15, -0.1) is 0 Å². The summed E-state index contributed by atoms with van der Waals surface area (Å²) in [6.45, 7) is 2.18. The highest BCUT2D eigenvalue weighted by Gasteiger charge is 2.15. The summed E-state index contributed by atoms with van der Waals surface area (Å²) in [7, 11) is 0. The lowest BCUT2D eigenvalue weighted by Crippen LogP contribution is -2.05. The van der Waals surface area contributed by atoms with E-state index < -0.39 is 0 Å². The van der Waals surface area contributed by atoms with E-state index in [0.29, 0.717) is 0 Å². The van der Waals surface area contributed by atoms with E-state index in [-0.39, 0.29) is 0 Å². The first-order valence-electron chi connectivity index (χ1n) is 10.8. The molecule has 6 rings (SSSR count). The number of hydrogen-bond acceptors (Lipinski definition) is 3. The van der Waals surface area contributed by atoms with Gasteiger partial charge in [-0.25, -0.2) is 15.0 Å². The van der Waals surface area contributed by atoms with Gasteiger partial charge in [0.25, 0.3) is 0 Å². The molecule has 0 radical (unpaired) electrons. The molecule has 0 spiro atoms. The fraction of sp³-hybridized carbons (Fsp3) is 0.115. The van der Waals surface area contributed by atoms with Gasteiger partial charge < -0.3 is 9.13 Å². The Balaban J connectivity index is 1.67.